The fourth-order valence-corrected chi connectivity index (χ4v) is 9.68. The highest BCUT2D eigenvalue weighted by Crippen LogP contribution is 2.43. The zero-order chi connectivity index (χ0) is 35.2. The molecule has 0 saturated heterocycles. The van der Waals surface area contributed by atoms with Gasteiger partial charge in [0, 0.05) is 48.1 Å². The van der Waals surface area contributed by atoms with Gasteiger partial charge in [-0.05, 0) is 73.2 Å². The second-order valence-corrected chi connectivity index (χ2v) is 14.7. The van der Waals surface area contributed by atoms with E-state index in [1.54, 1.807) is 0 Å². The third kappa shape index (κ3) is 4.26. The van der Waals surface area contributed by atoms with Crippen LogP contribution in [0.25, 0.3) is 98.1 Å². The summed E-state index contributed by atoms with van der Waals surface area (Å²) >= 11 is 1.81. The predicted molar refractivity (Wildman–Crippen MR) is 227 cm³/mol. The van der Waals surface area contributed by atoms with Gasteiger partial charge in [-0.2, -0.15) is 0 Å². The quantitative estimate of drug-likeness (QED) is 0.165. The van der Waals surface area contributed by atoms with Crippen molar-refractivity contribution in [2.45, 2.75) is 6.92 Å². The summed E-state index contributed by atoms with van der Waals surface area (Å²) in [5, 5.41) is 8.56. The van der Waals surface area contributed by atoms with Crippen LogP contribution in [0.15, 0.2) is 164 Å². The number of nitrogens with zero attached hydrogens (tertiary/aromatic N) is 4. The fraction of sp³-hybridized carbons (Fsp3) is 0.0208. The summed E-state index contributed by atoms with van der Waals surface area (Å²) in [6.45, 7) is 6.17. The van der Waals surface area contributed by atoms with Crippen molar-refractivity contribution in [1.29, 1.82) is 0 Å². The van der Waals surface area contributed by atoms with Gasteiger partial charge in [0.1, 0.15) is 5.82 Å². The first-order valence-electron chi connectivity index (χ1n) is 17.9. The summed E-state index contributed by atoms with van der Waals surface area (Å²) in [4.78, 5) is 5.67. The Morgan fingerprint density at radius 2 is 1.08 bits per heavy atom. The van der Waals surface area contributed by atoms with E-state index in [-0.39, 0.29) is 0 Å². The van der Waals surface area contributed by atoms with Crippen LogP contribution in [0.5, 0.6) is 0 Å². The maximum atomic E-state index is 5.67. The molecule has 0 bridgehead atoms. The van der Waals surface area contributed by atoms with Crippen molar-refractivity contribution < 1.29 is 0 Å². The Labute approximate surface area is 309 Å². The molecule has 0 atom stereocenters. The van der Waals surface area contributed by atoms with Crippen molar-refractivity contribution in [2.75, 3.05) is 0 Å². The number of thiophene rings is 1. The van der Waals surface area contributed by atoms with Gasteiger partial charge in [0.05, 0.1) is 38.0 Å². The summed E-state index contributed by atoms with van der Waals surface area (Å²) < 4.78 is 9.52. The minimum absolute atomic E-state index is 0.886. The number of para-hydroxylation sites is 4. The number of aryl methyl sites for hydroxylation is 1. The molecule has 0 aliphatic carbocycles. The minimum Gasteiger partial charge on any atom is -0.309 e. The number of pyridine rings is 1. The number of hydrogen-bond donors (Lipinski definition) is 0. The molecule has 0 saturated carbocycles. The molecule has 11 rings (SSSR count). The van der Waals surface area contributed by atoms with Crippen LogP contribution in [0, 0.1) is 6.92 Å². The lowest BCUT2D eigenvalue weighted by molar-refractivity contribution is 0.997. The molecule has 5 heterocycles. The standard InChI is InChI=1S/C48H32N4S/c1-3-4-20-39-30(2)32-15-5-10-21-40(32)51(39)46-29-38-36-19-9-14-25-45(36)53-47(38)48(49-46)52-43-24-13-8-18-35(43)37-28-31(26-27-44(37)52)50-41-22-11-6-16-33(41)34-17-7-12-23-42(34)50/h3-29H,1H2,2H3/b20-4-. The molecule has 0 unspecified atom stereocenters. The first-order valence-corrected chi connectivity index (χ1v) is 18.8. The van der Waals surface area contributed by atoms with E-state index < -0.39 is 0 Å². The van der Waals surface area contributed by atoms with E-state index in [0.717, 1.165) is 39.6 Å². The monoisotopic (exact) mass is 696 g/mol. The summed E-state index contributed by atoms with van der Waals surface area (Å²) in [5.74, 6) is 1.82. The number of rotatable bonds is 5. The van der Waals surface area contributed by atoms with Gasteiger partial charge >= 0.3 is 0 Å². The Bertz CT molecular complexity index is 3270. The molecule has 0 N–H and O–H groups in total. The summed E-state index contributed by atoms with van der Waals surface area (Å²) in [6.07, 6.45) is 6.00. The molecule has 5 aromatic heterocycles. The second kappa shape index (κ2) is 11.4. The second-order valence-electron chi connectivity index (χ2n) is 13.7. The number of allylic oxidation sites excluding steroid dienone is 2. The maximum Gasteiger partial charge on any atom is 0.158 e. The molecule has 0 spiro atoms. The van der Waals surface area contributed by atoms with Gasteiger partial charge in [-0.25, -0.2) is 4.98 Å². The number of fused-ring (bicyclic) bond motifs is 10. The first kappa shape index (κ1) is 30.0. The average Bonchev–Trinajstić information content (AvgIpc) is 3.93. The molecule has 0 fully saturated rings. The highest BCUT2D eigenvalue weighted by Gasteiger charge is 2.23. The zero-order valence-electron chi connectivity index (χ0n) is 29.0. The third-order valence-corrected chi connectivity index (χ3v) is 12.0. The average molecular weight is 697 g/mol. The van der Waals surface area contributed by atoms with Crippen LogP contribution in [-0.2, 0) is 0 Å². The van der Waals surface area contributed by atoms with Crippen LogP contribution < -0.4 is 0 Å². The van der Waals surface area contributed by atoms with E-state index in [1.165, 1.54) is 63.7 Å². The molecule has 250 valence electrons. The topological polar surface area (TPSA) is 27.7 Å². The Morgan fingerprint density at radius 1 is 0.528 bits per heavy atom. The summed E-state index contributed by atoms with van der Waals surface area (Å²) in [5.41, 5.74) is 9.24. The first-order chi connectivity index (χ1) is 26.2. The molecule has 0 aliphatic rings. The van der Waals surface area contributed by atoms with Crippen molar-refractivity contribution in [3.05, 3.63) is 176 Å². The summed E-state index contributed by atoms with van der Waals surface area (Å²) in [6, 6.07) is 52.7. The van der Waals surface area contributed by atoms with Gasteiger partial charge in [0.25, 0.3) is 0 Å². The predicted octanol–water partition coefficient (Wildman–Crippen LogP) is 13.1. The van der Waals surface area contributed by atoms with Crippen molar-refractivity contribution in [3.8, 4) is 17.3 Å². The van der Waals surface area contributed by atoms with Crippen molar-refractivity contribution >= 4 is 92.1 Å². The Morgan fingerprint density at radius 3 is 1.75 bits per heavy atom. The largest absolute Gasteiger partial charge is 0.309 e. The van der Waals surface area contributed by atoms with Crippen molar-refractivity contribution in [2.24, 2.45) is 0 Å². The number of aromatic nitrogens is 4. The van der Waals surface area contributed by atoms with Crippen LogP contribution in [0.2, 0.25) is 0 Å². The Balaban J connectivity index is 1.25. The molecule has 4 nitrogen and oxygen atoms in total. The zero-order valence-corrected chi connectivity index (χ0v) is 29.8. The Kier molecular flexibility index (Phi) is 6.45. The van der Waals surface area contributed by atoms with Crippen LogP contribution in [-0.4, -0.2) is 18.7 Å². The van der Waals surface area contributed by atoms with Crippen LogP contribution in [0.1, 0.15) is 11.3 Å². The Hall–Kier alpha value is -6.69. The van der Waals surface area contributed by atoms with Gasteiger partial charge in [0.2, 0.25) is 0 Å². The lowest BCUT2D eigenvalue weighted by Crippen LogP contribution is -2.05. The molecule has 11 aromatic rings. The minimum atomic E-state index is 0.886. The van der Waals surface area contributed by atoms with E-state index in [0.29, 0.717) is 0 Å². The van der Waals surface area contributed by atoms with Crippen LogP contribution in [0.4, 0.5) is 0 Å². The molecule has 6 aromatic carbocycles. The molecule has 0 aliphatic heterocycles. The maximum absolute atomic E-state index is 5.67. The fourth-order valence-electron chi connectivity index (χ4n) is 8.52. The lowest BCUT2D eigenvalue weighted by Gasteiger charge is -2.14. The number of benzene rings is 6. The molecular weight excluding hydrogens is 665 g/mol. The van der Waals surface area contributed by atoms with E-state index in [4.69, 9.17) is 4.98 Å². The van der Waals surface area contributed by atoms with E-state index in [1.807, 2.05) is 23.5 Å². The third-order valence-electron chi connectivity index (χ3n) is 10.8. The smallest absolute Gasteiger partial charge is 0.158 e. The van der Waals surface area contributed by atoms with Gasteiger partial charge in [-0.3, -0.25) is 9.13 Å². The SMILES string of the molecule is C=C/C=C\c1c(C)c2ccccc2n1-c1cc2c(sc3ccccc32)c(-n2c3ccccc3c3cc(-n4c5ccccc5c5ccccc54)ccc32)n1. The highest BCUT2D eigenvalue weighted by atomic mass is 32.1. The van der Waals surface area contributed by atoms with E-state index in [2.05, 4.69) is 179 Å². The highest BCUT2D eigenvalue weighted by molar-refractivity contribution is 7.26. The summed E-state index contributed by atoms with van der Waals surface area (Å²) in [7, 11) is 0. The lowest BCUT2D eigenvalue weighted by atomic mass is 10.1. The van der Waals surface area contributed by atoms with Gasteiger partial charge in [-0.1, -0.05) is 110 Å². The normalized spacial score (nSPS) is 12.2. The number of hydrogen-bond acceptors (Lipinski definition) is 2. The molecular formula is C48H32N4S. The molecule has 0 radical (unpaired) electrons. The van der Waals surface area contributed by atoms with Crippen LogP contribution >= 0.6 is 11.3 Å². The molecule has 0 amide bonds. The van der Waals surface area contributed by atoms with E-state index in [9.17, 15) is 0 Å². The van der Waals surface area contributed by atoms with Gasteiger partial charge in [0.15, 0.2) is 5.82 Å². The molecule has 5 heteroatoms. The van der Waals surface area contributed by atoms with Crippen molar-refractivity contribution in [1.82, 2.24) is 18.7 Å². The molecule has 53 heavy (non-hydrogen) atoms. The van der Waals surface area contributed by atoms with Crippen molar-refractivity contribution in [3.63, 3.8) is 0 Å². The van der Waals surface area contributed by atoms with Gasteiger partial charge < -0.3 is 4.57 Å². The van der Waals surface area contributed by atoms with E-state index >= 15 is 0 Å². The van der Waals surface area contributed by atoms with Gasteiger partial charge in [-0.15, -0.1) is 11.3 Å². The van der Waals surface area contributed by atoms with Crippen LogP contribution in [0.3, 0.4) is 0 Å².